The summed E-state index contributed by atoms with van der Waals surface area (Å²) in [5, 5.41) is 9.97. The molecule has 10 nitrogen and oxygen atoms in total. The van der Waals surface area contributed by atoms with Crippen molar-refractivity contribution < 1.29 is 23.9 Å². The molecule has 4 rings (SSSR count). The van der Waals surface area contributed by atoms with Crippen molar-refractivity contribution in [1.82, 2.24) is 14.7 Å². The van der Waals surface area contributed by atoms with E-state index in [9.17, 15) is 14.4 Å². The zero-order valence-corrected chi connectivity index (χ0v) is 20.8. The maximum absolute atomic E-state index is 13.3. The molecule has 10 heteroatoms. The SMILES string of the molecule is Cc1nn(C)cc1NC(=O)C[C@@H]1CC[C@@H]2[C@@H](COc3ccc(NC(=O)C(C)C)cc3C(=O)N2C)O1. The number of aromatic nitrogens is 2. The first-order valence-electron chi connectivity index (χ1n) is 11.9. The molecule has 35 heavy (non-hydrogen) atoms. The molecular weight excluding hydrogens is 450 g/mol. The van der Waals surface area contributed by atoms with E-state index in [1.54, 1.807) is 48.1 Å². The topological polar surface area (TPSA) is 115 Å². The fraction of sp³-hybridized carbons (Fsp3) is 0.520. The first kappa shape index (κ1) is 24.7. The molecule has 2 aliphatic rings. The Morgan fingerprint density at radius 2 is 1.97 bits per heavy atom. The smallest absolute Gasteiger partial charge is 0.257 e. The monoisotopic (exact) mass is 483 g/mol. The molecule has 1 saturated heterocycles. The van der Waals surface area contributed by atoms with Crippen LogP contribution in [0.2, 0.25) is 0 Å². The number of aryl methyl sites for hydroxylation is 2. The highest BCUT2D eigenvalue weighted by molar-refractivity contribution is 6.00. The highest BCUT2D eigenvalue weighted by Gasteiger charge is 2.39. The van der Waals surface area contributed by atoms with Crippen LogP contribution in [0.1, 0.15) is 49.2 Å². The van der Waals surface area contributed by atoms with Gasteiger partial charge in [0.1, 0.15) is 18.5 Å². The number of nitrogens with one attached hydrogen (secondary N) is 2. The van der Waals surface area contributed by atoms with E-state index in [1.807, 2.05) is 20.8 Å². The van der Waals surface area contributed by atoms with Crippen molar-refractivity contribution in [1.29, 1.82) is 0 Å². The van der Waals surface area contributed by atoms with Gasteiger partial charge in [0.25, 0.3) is 5.91 Å². The Morgan fingerprint density at radius 1 is 1.20 bits per heavy atom. The number of anilines is 2. The number of amides is 3. The van der Waals surface area contributed by atoms with Crippen LogP contribution >= 0.6 is 0 Å². The van der Waals surface area contributed by atoms with Crippen LogP contribution < -0.4 is 15.4 Å². The molecule has 3 heterocycles. The number of hydrogen-bond donors (Lipinski definition) is 2. The Morgan fingerprint density at radius 3 is 2.66 bits per heavy atom. The Kier molecular flexibility index (Phi) is 7.11. The molecule has 0 radical (unpaired) electrons. The lowest BCUT2D eigenvalue weighted by Crippen LogP contribution is -2.53. The van der Waals surface area contributed by atoms with Crippen molar-refractivity contribution in [3.8, 4) is 5.75 Å². The summed E-state index contributed by atoms with van der Waals surface area (Å²) < 4.78 is 13.9. The van der Waals surface area contributed by atoms with Gasteiger partial charge < -0.3 is 25.0 Å². The van der Waals surface area contributed by atoms with Crippen LogP contribution in [0.3, 0.4) is 0 Å². The standard InChI is InChI=1S/C25H33N5O5/c1-14(2)24(32)26-16-6-9-21-18(10-16)25(33)30(5)20-8-7-17(35-22(20)13-34-21)11-23(31)27-19-12-29(4)28-15(19)3/h6,9-10,12,14,17,20,22H,7-8,11,13H2,1-5H3,(H,26,32)(H,27,31)/t17-,20+,22+/m0/s1. The van der Waals surface area contributed by atoms with E-state index >= 15 is 0 Å². The van der Waals surface area contributed by atoms with Gasteiger partial charge >= 0.3 is 0 Å². The third kappa shape index (κ3) is 5.48. The number of likely N-dealkylation sites (N-methyl/N-ethyl adjacent to an activating group) is 1. The van der Waals surface area contributed by atoms with Gasteiger partial charge in [-0.3, -0.25) is 19.1 Å². The van der Waals surface area contributed by atoms with Crippen molar-refractivity contribution in [2.45, 2.75) is 58.3 Å². The van der Waals surface area contributed by atoms with Gasteiger partial charge in [-0.2, -0.15) is 5.10 Å². The van der Waals surface area contributed by atoms with Crippen LogP contribution in [0.15, 0.2) is 24.4 Å². The van der Waals surface area contributed by atoms with Crippen LogP contribution in [0.25, 0.3) is 0 Å². The summed E-state index contributed by atoms with van der Waals surface area (Å²) in [7, 11) is 3.57. The van der Waals surface area contributed by atoms with E-state index < -0.39 is 0 Å². The zero-order chi connectivity index (χ0) is 25.3. The normalized spacial score (nSPS) is 21.9. The maximum Gasteiger partial charge on any atom is 0.257 e. The fourth-order valence-electron chi connectivity index (χ4n) is 4.52. The minimum Gasteiger partial charge on any atom is -0.490 e. The number of nitrogens with zero attached hydrogens (tertiary/aromatic N) is 3. The van der Waals surface area contributed by atoms with Gasteiger partial charge in [-0.05, 0) is 38.0 Å². The predicted molar refractivity (Wildman–Crippen MR) is 130 cm³/mol. The summed E-state index contributed by atoms with van der Waals surface area (Å²) in [5.41, 5.74) is 2.40. The van der Waals surface area contributed by atoms with Gasteiger partial charge in [-0.1, -0.05) is 13.8 Å². The van der Waals surface area contributed by atoms with Gasteiger partial charge in [0.2, 0.25) is 11.8 Å². The molecule has 2 aromatic rings. The average Bonchev–Trinajstić information content (AvgIpc) is 3.12. The van der Waals surface area contributed by atoms with E-state index in [-0.39, 0.29) is 54.9 Å². The van der Waals surface area contributed by atoms with Crippen LogP contribution in [0, 0.1) is 12.8 Å². The van der Waals surface area contributed by atoms with Gasteiger partial charge in [0.15, 0.2) is 0 Å². The van der Waals surface area contributed by atoms with E-state index in [4.69, 9.17) is 9.47 Å². The number of benzene rings is 1. The number of carbonyl (C=O) groups excluding carboxylic acids is 3. The number of rotatable bonds is 5. The van der Waals surface area contributed by atoms with E-state index in [1.165, 1.54) is 0 Å². The number of fused-ring (bicyclic) bond motifs is 2. The molecule has 3 atom stereocenters. The molecule has 0 bridgehead atoms. The molecule has 2 aliphatic heterocycles. The molecular formula is C25H33N5O5. The van der Waals surface area contributed by atoms with Crippen LogP contribution in [0.4, 0.5) is 11.4 Å². The molecule has 1 fully saturated rings. The van der Waals surface area contributed by atoms with Gasteiger partial charge in [-0.15, -0.1) is 0 Å². The molecule has 0 saturated carbocycles. The van der Waals surface area contributed by atoms with Gasteiger partial charge in [0, 0.05) is 31.9 Å². The molecule has 3 amide bonds. The highest BCUT2D eigenvalue weighted by Crippen LogP contribution is 2.32. The Hall–Kier alpha value is -3.40. The van der Waals surface area contributed by atoms with E-state index in [0.29, 0.717) is 35.5 Å². The summed E-state index contributed by atoms with van der Waals surface area (Å²) in [6, 6.07) is 4.90. The van der Waals surface area contributed by atoms with Crippen molar-refractivity contribution in [3.63, 3.8) is 0 Å². The molecule has 2 N–H and O–H groups in total. The average molecular weight is 484 g/mol. The van der Waals surface area contributed by atoms with Crippen molar-refractivity contribution in [2.75, 3.05) is 24.3 Å². The van der Waals surface area contributed by atoms with Gasteiger partial charge in [0.05, 0.1) is 35.5 Å². The number of carbonyl (C=O) groups is 3. The Bertz CT molecular complexity index is 1130. The van der Waals surface area contributed by atoms with Crippen LogP contribution in [-0.2, 0) is 21.4 Å². The third-order valence-electron chi connectivity index (χ3n) is 6.50. The fourth-order valence-corrected chi connectivity index (χ4v) is 4.52. The second kappa shape index (κ2) is 10.1. The minimum atomic E-state index is -0.357. The summed E-state index contributed by atoms with van der Waals surface area (Å²) in [6.45, 7) is 5.72. The van der Waals surface area contributed by atoms with E-state index in [0.717, 1.165) is 5.69 Å². The molecule has 0 spiro atoms. The Labute approximate surface area is 204 Å². The highest BCUT2D eigenvalue weighted by atomic mass is 16.5. The lowest BCUT2D eigenvalue weighted by molar-refractivity contribution is -0.130. The lowest BCUT2D eigenvalue weighted by Gasteiger charge is -2.42. The maximum atomic E-state index is 13.3. The molecule has 0 aliphatic carbocycles. The van der Waals surface area contributed by atoms with Crippen molar-refractivity contribution in [3.05, 3.63) is 35.7 Å². The van der Waals surface area contributed by atoms with Crippen LogP contribution in [-0.4, -0.2) is 64.3 Å². The zero-order valence-electron chi connectivity index (χ0n) is 20.8. The van der Waals surface area contributed by atoms with Crippen LogP contribution in [0.5, 0.6) is 5.75 Å². The summed E-state index contributed by atoms with van der Waals surface area (Å²) >= 11 is 0. The van der Waals surface area contributed by atoms with Gasteiger partial charge in [-0.25, -0.2) is 0 Å². The second-order valence-electron chi connectivity index (χ2n) is 9.58. The quantitative estimate of drug-likeness (QED) is 0.676. The number of ether oxygens (including phenoxy) is 2. The molecule has 1 aromatic carbocycles. The minimum absolute atomic E-state index is 0.118. The Balaban J connectivity index is 1.43. The summed E-state index contributed by atoms with van der Waals surface area (Å²) in [4.78, 5) is 39.7. The van der Waals surface area contributed by atoms with E-state index in [2.05, 4.69) is 15.7 Å². The third-order valence-corrected chi connectivity index (χ3v) is 6.50. The second-order valence-corrected chi connectivity index (χ2v) is 9.58. The van der Waals surface area contributed by atoms with Crippen molar-refractivity contribution in [2.24, 2.45) is 13.0 Å². The first-order valence-corrected chi connectivity index (χ1v) is 11.9. The summed E-state index contributed by atoms with van der Waals surface area (Å²) in [6.07, 6.45) is 2.70. The number of hydrogen-bond acceptors (Lipinski definition) is 6. The molecule has 188 valence electrons. The molecule has 0 unspecified atom stereocenters. The lowest BCUT2D eigenvalue weighted by atomic mass is 9.94. The largest absolute Gasteiger partial charge is 0.490 e. The van der Waals surface area contributed by atoms with Crippen molar-refractivity contribution >= 4 is 29.1 Å². The molecule has 1 aromatic heterocycles. The summed E-state index contributed by atoms with van der Waals surface area (Å²) in [5.74, 6) is -0.176. The predicted octanol–water partition coefficient (Wildman–Crippen LogP) is 2.73. The first-order chi connectivity index (χ1) is 16.6.